The van der Waals surface area contributed by atoms with Gasteiger partial charge in [-0.25, -0.2) is 14.0 Å². The normalized spacial score (nSPS) is 12.1. The average molecular weight is 357 g/mol. The van der Waals surface area contributed by atoms with E-state index in [0.29, 0.717) is 0 Å². The van der Waals surface area contributed by atoms with Crippen molar-refractivity contribution >= 4 is 13.8 Å². The van der Waals surface area contributed by atoms with Crippen LogP contribution in [0, 0.1) is 6.92 Å². The van der Waals surface area contributed by atoms with E-state index < -0.39 is 19.4 Å². The molecule has 1 amide bonds. The minimum absolute atomic E-state index is 0.0759. The van der Waals surface area contributed by atoms with Gasteiger partial charge < -0.3 is 4.74 Å². The standard InChI is InChI=1S/C17H28NO5P/c1-7-21-24(20,22-8-2)18(16(19)23-17(4,5)6)13-15-11-9-14(3)10-12-15/h9-12H,7-8,13H2,1-6H3. The SMILES string of the molecule is CCOP(=O)(OCC)N(Cc1ccc(C)cc1)C(=O)OC(C)(C)C. The summed E-state index contributed by atoms with van der Waals surface area (Å²) in [6.45, 7) is 11.0. The molecule has 0 saturated carbocycles. The zero-order valence-electron chi connectivity index (χ0n) is 15.4. The zero-order chi connectivity index (χ0) is 18.4. The Kier molecular flexibility index (Phi) is 7.46. The van der Waals surface area contributed by atoms with Crippen molar-refractivity contribution in [3.8, 4) is 0 Å². The Morgan fingerprint density at radius 1 is 1.08 bits per heavy atom. The third-order valence-electron chi connectivity index (χ3n) is 2.94. The highest BCUT2D eigenvalue weighted by Gasteiger charge is 2.39. The Labute approximate surface area is 144 Å². The van der Waals surface area contributed by atoms with Gasteiger partial charge in [-0.3, -0.25) is 9.05 Å². The van der Waals surface area contributed by atoms with Crippen LogP contribution in [-0.2, 0) is 24.9 Å². The molecular weight excluding hydrogens is 329 g/mol. The summed E-state index contributed by atoms with van der Waals surface area (Å²) in [5.74, 6) is 0. The minimum Gasteiger partial charge on any atom is -0.443 e. The van der Waals surface area contributed by atoms with Gasteiger partial charge in [-0.05, 0) is 47.1 Å². The molecule has 0 N–H and O–H groups in total. The first-order valence-electron chi connectivity index (χ1n) is 8.07. The largest absolute Gasteiger partial charge is 0.443 e. The second kappa shape index (κ2) is 8.65. The number of hydrogen-bond donors (Lipinski definition) is 0. The summed E-state index contributed by atoms with van der Waals surface area (Å²) in [6.07, 6.45) is -0.728. The Balaban J connectivity index is 3.16. The maximum atomic E-state index is 13.1. The van der Waals surface area contributed by atoms with Gasteiger partial charge in [0.05, 0.1) is 19.8 Å². The van der Waals surface area contributed by atoms with Crippen LogP contribution < -0.4 is 0 Å². The summed E-state index contributed by atoms with van der Waals surface area (Å²) in [7, 11) is -3.79. The van der Waals surface area contributed by atoms with E-state index in [0.717, 1.165) is 15.8 Å². The van der Waals surface area contributed by atoms with E-state index >= 15 is 0 Å². The molecule has 0 aliphatic carbocycles. The van der Waals surface area contributed by atoms with Crippen molar-refractivity contribution in [2.75, 3.05) is 13.2 Å². The van der Waals surface area contributed by atoms with Crippen LogP contribution in [0.3, 0.4) is 0 Å². The highest BCUT2D eigenvalue weighted by molar-refractivity contribution is 7.52. The van der Waals surface area contributed by atoms with Crippen LogP contribution in [0.5, 0.6) is 0 Å². The average Bonchev–Trinajstić information content (AvgIpc) is 2.45. The van der Waals surface area contributed by atoms with Crippen LogP contribution in [0.2, 0.25) is 0 Å². The molecule has 0 bridgehead atoms. The Hall–Kier alpha value is -1.36. The maximum absolute atomic E-state index is 13.1. The molecule has 0 atom stereocenters. The fourth-order valence-corrected chi connectivity index (χ4v) is 3.52. The van der Waals surface area contributed by atoms with Gasteiger partial charge in [-0.2, -0.15) is 0 Å². The van der Waals surface area contributed by atoms with E-state index in [4.69, 9.17) is 13.8 Å². The quantitative estimate of drug-likeness (QED) is 0.649. The molecule has 6 nitrogen and oxygen atoms in total. The summed E-state index contributed by atoms with van der Waals surface area (Å²) in [6, 6.07) is 7.59. The number of nitrogens with zero attached hydrogens (tertiary/aromatic N) is 1. The van der Waals surface area contributed by atoms with Gasteiger partial charge in [0.25, 0.3) is 0 Å². The van der Waals surface area contributed by atoms with E-state index in [1.807, 2.05) is 31.2 Å². The number of amides is 1. The molecule has 0 unspecified atom stereocenters. The van der Waals surface area contributed by atoms with Gasteiger partial charge in [0.15, 0.2) is 0 Å². The maximum Gasteiger partial charge on any atom is 0.440 e. The monoisotopic (exact) mass is 357 g/mol. The van der Waals surface area contributed by atoms with Crippen molar-refractivity contribution in [2.45, 2.75) is 53.7 Å². The van der Waals surface area contributed by atoms with Crippen molar-refractivity contribution in [3.05, 3.63) is 35.4 Å². The highest BCUT2D eigenvalue weighted by Crippen LogP contribution is 2.53. The summed E-state index contributed by atoms with van der Waals surface area (Å²) in [4.78, 5) is 12.6. The number of benzene rings is 1. The van der Waals surface area contributed by atoms with Gasteiger partial charge in [-0.1, -0.05) is 29.8 Å². The fourth-order valence-electron chi connectivity index (χ4n) is 1.94. The molecule has 1 rings (SSSR count). The van der Waals surface area contributed by atoms with Crippen LogP contribution in [-0.4, -0.2) is 29.6 Å². The van der Waals surface area contributed by atoms with E-state index in [1.165, 1.54) is 0 Å². The molecule has 0 spiro atoms. The minimum atomic E-state index is -3.79. The lowest BCUT2D eigenvalue weighted by Gasteiger charge is -2.31. The first kappa shape index (κ1) is 20.7. The van der Waals surface area contributed by atoms with E-state index in [2.05, 4.69) is 0 Å². The molecule has 0 aliphatic rings. The predicted octanol–water partition coefficient (Wildman–Crippen LogP) is 4.91. The van der Waals surface area contributed by atoms with Crippen LogP contribution >= 0.6 is 7.75 Å². The van der Waals surface area contributed by atoms with Crippen LogP contribution in [0.25, 0.3) is 0 Å². The van der Waals surface area contributed by atoms with Crippen molar-refractivity contribution in [1.82, 2.24) is 4.67 Å². The Bertz CT molecular complexity index is 570. The topological polar surface area (TPSA) is 65.1 Å². The van der Waals surface area contributed by atoms with Crippen molar-refractivity contribution in [2.24, 2.45) is 0 Å². The molecule has 0 fully saturated rings. The first-order valence-corrected chi connectivity index (χ1v) is 9.56. The summed E-state index contributed by atoms with van der Waals surface area (Å²) >= 11 is 0. The smallest absolute Gasteiger partial charge is 0.440 e. The summed E-state index contributed by atoms with van der Waals surface area (Å²) < 4.78 is 30.2. The Morgan fingerprint density at radius 2 is 1.58 bits per heavy atom. The second-order valence-electron chi connectivity index (χ2n) is 6.33. The van der Waals surface area contributed by atoms with E-state index in [9.17, 15) is 9.36 Å². The first-order chi connectivity index (χ1) is 11.1. The van der Waals surface area contributed by atoms with Gasteiger partial charge in [0.1, 0.15) is 5.60 Å². The van der Waals surface area contributed by atoms with Gasteiger partial charge in [-0.15, -0.1) is 0 Å². The van der Waals surface area contributed by atoms with Crippen molar-refractivity contribution in [3.63, 3.8) is 0 Å². The predicted molar refractivity (Wildman–Crippen MR) is 93.8 cm³/mol. The molecular formula is C17H28NO5P. The number of carbonyl (C=O) groups is 1. The molecule has 24 heavy (non-hydrogen) atoms. The molecule has 0 heterocycles. The lowest BCUT2D eigenvalue weighted by Crippen LogP contribution is -2.35. The van der Waals surface area contributed by atoms with Gasteiger partial charge >= 0.3 is 13.8 Å². The summed E-state index contributed by atoms with van der Waals surface area (Å²) in [5, 5.41) is 0. The van der Waals surface area contributed by atoms with Crippen molar-refractivity contribution < 1.29 is 23.1 Å². The van der Waals surface area contributed by atoms with Gasteiger partial charge in [0, 0.05) is 0 Å². The van der Waals surface area contributed by atoms with E-state index in [-0.39, 0.29) is 19.8 Å². The number of aryl methyl sites for hydroxylation is 1. The number of rotatable bonds is 7. The molecule has 0 radical (unpaired) electrons. The molecule has 1 aromatic rings. The number of hydrogen-bond acceptors (Lipinski definition) is 5. The molecule has 136 valence electrons. The highest BCUT2D eigenvalue weighted by atomic mass is 31.2. The van der Waals surface area contributed by atoms with E-state index in [1.54, 1.807) is 34.6 Å². The third kappa shape index (κ3) is 6.27. The molecule has 0 saturated heterocycles. The van der Waals surface area contributed by atoms with Crippen LogP contribution in [0.15, 0.2) is 24.3 Å². The van der Waals surface area contributed by atoms with Crippen LogP contribution in [0.4, 0.5) is 4.79 Å². The lowest BCUT2D eigenvalue weighted by atomic mass is 10.1. The van der Waals surface area contributed by atoms with Crippen molar-refractivity contribution in [1.29, 1.82) is 0 Å². The van der Waals surface area contributed by atoms with Crippen LogP contribution in [0.1, 0.15) is 45.7 Å². The number of ether oxygens (including phenoxy) is 1. The Morgan fingerprint density at radius 3 is 2.00 bits per heavy atom. The zero-order valence-corrected chi connectivity index (χ0v) is 16.3. The lowest BCUT2D eigenvalue weighted by molar-refractivity contribution is 0.0306. The molecule has 1 aromatic carbocycles. The molecule has 0 aliphatic heterocycles. The fraction of sp³-hybridized carbons (Fsp3) is 0.588. The number of carbonyl (C=O) groups excluding carboxylic acids is 1. The summed E-state index contributed by atoms with van der Waals surface area (Å²) in [5.41, 5.74) is 1.19. The third-order valence-corrected chi connectivity index (χ3v) is 5.00. The second-order valence-corrected chi connectivity index (χ2v) is 8.26. The molecule has 0 aromatic heterocycles. The molecule has 7 heteroatoms. The van der Waals surface area contributed by atoms with Gasteiger partial charge in [0.2, 0.25) is 0 Å².